The van der Waals surface area contributed by atoms with Crippen molar-refractivity contribution in [2.75, 3.05) is 6.61 Å². The molecule has 1 aromatic heterocycles. The number of primary sulfonamides is 1. The summed E-state index contributed by atoms with van der Waals surface area (Å²) in [5, 5.41) is 5.19. The Labute approximate surface area is 175 Å². The number of hydrogen-bond acceptors (Lipinski definition) is 6. The highest BCUT2D eigenvalue weighted by Gasteiger charge is 2.16. The van der Waals surface area contributed by atoms with E-state index < -0.39 is 27.7 Å². The first-order valence-electron chi connectivity index (χ1n) is 8.86. The van der Waals surface area contributed by atoms with E-state index in [0.29, 0.717) is 10.2 Å². The van der Waals surface area contributed by atoms with E-state index in [-0.39, 0.29) is 34.8 Å². The number of amides is 1. The van der Waals surface area contributed by atoms with E-state index in [4.69, 9.17) is 9.88 Å². The molecule has 3 rings (SSSR count). The topological polar surface area (TPSA) is 121 Å². The van der Waals surface area contributed by atoms with Crippen LogP contribution in [0.3, 0.4) is 0 Å². The van der Waals surface area contributed by atoms with Crippen molar-refractivity contribution in [3.63, 3.8) is 0 Å². The van der Waals surface area contributed by atoms with E-state index in [2.05, 4.69) is 4.99 Å². The maximum Gasteiger partial charge on any atom is 0.307 e. The zero-order valence-electron chi connectivity index (χ0n) is 15.9. The minimum Gasteiger partial charge on any atom is -0.466 e. The van der Waals surface area contributed by atoms with Gasteiger partial charge in [0.25, 0.3) is 5.91 Å². The number of thiazole rings is 1. The van der Waals surface area contributed by atoms with Gasteiger partial charge in [-0.05, 0) is 37.3 Å². The molecule has 0 aliphatic carbocycles. The number of nitrogens with zero attached hydrogens (tertiary/aromatic N) is 2. The van der Waals surface area contributed by atoms with E-state index in [1.165, 1.54) is 36.4 Å². The third kappa shape index (κ3) is 4.81. The summed E-state index contributed by atoms with van der Waals surface area (Å²) in [6.45, 7) is 2.05. The van der Waals surface area contributed by atoms with Crippen LogP contribution in [0.4, 0.5) is 4.39 Å². The number of carbonyl (C=O) groups excluding carboxylic acids is 2. The van der Waals surface area contributed by atoms with Gasteiger partial charge in [-0.2, -0.15) is 4.99 Å². The molecule has 8 nitrogen and oxygen atoms in total. The number of fused-ring (bicyclic) bond motifs is 1. The van der Waals surface area contributed by atoms with Gasteiger partial charge in [-0.1, -0.05) is 23.5 Å². The molecule has 0 saturated carbocycles. The van der Waals surface area contributed by atoms with Crippen molar-refractivity contribution in [1.82, 2.24) is 4.57 Å². The van der Waals surface area contributed by atoms with Crippen LogP contribution in [0.15, 0.2) is 52.4 Å². The SMILES string of the molecule is CCOC(=O)CCn1c(=NC(=O)c2ccccc2F)sc2cc(S(N)(=O)=O)ccc21. The summed E-state index contributed by atoms with van der Waals surface area (Å²) in [5.74, 6) is -1.94. The monoisotopic (exact) mass is 451 g/mol. The summed E-state index contributed by atoms with van der Waals surface area (Å²) in [4.78, 5) is 28.4. The lowest BCUT2D eigenvalue weighted by molar-refractivity contribution is -0.143. The number of nitrogens with two attached hydrogens (primary N) is 1. The number of hydrogen-bond donors (Lipinski definition) is 1. The molecule has 3 aromatic rings. The van der Waals surface area contributed by atoms with Crippen molar-refractivity contribution < 1.29 is 27.1 Å². The number of aryl methyl sites for hydroxylation is 1. The average Bonchev–Trinajstić information content (AvgIpc) is 3.02. The van der Waals surface area contributed by atoms with Crippen molar-refractivity contribution in [2.45, 2.75) is 24.8 Å². The Hall–Kier alpha value is -2.89. The maximum absolute atomic E-state index is 13.9. The van der Waals surface area contributed by atoms with Crippen molar-refractivity contribution in [2.24, 2.45) is 10.1 Å². The highest BCUT2D eigenvalue weighted by molar-refractivity contribution is 7.89. The summed E-state index contributed by atoms with van der Waals surface area (Å²) in [6.07, 6.45) is 0.0116. The predicted molar refractivity (Wildman–Crippen MR) is 109 cm³/mol. The van der Waals surface area contributed by atoms with Crippen LogP contribution in [0.5, 0.6) is 0 Å². The molecule has 0 atom stereocenters. The normalized spacial score (nSPS) is 12.3. The number of sulfonamides is 1. The second-order valence-corrected chi connectivity index (χ2v) is 8.73. The standard InChI is InChI=1S/C19H18FN3O5S2/c1-2-28-17(24)9-10-23-15-8-7-12(30(21,26)27)11-16(15)29-19(23)22-18(25)13-5-3-4-6-14(13)20/h3-8,11H,2,9-10H2,1H3,(H2,21,26,27). The molecule has 1 amide bonds. The van der Waals surface area contributed by atoms with E-state index >= 15 is 0 Å². The molecule has 158 valence electrons. The fraction of sp³-hybridized carbons (Fsp3) is 0.211. The van der Waals surface area contributed by atoms with E-state index in [0.717, 1.165) is 17.4 Å². The first kappa shape index (κ1) is 21.8. The van der Waals surface area contributed by atoms with Crippen LogP contribution < -0.4 is 9.94 Å². The lowest BCUT2D eigenvalue weighted by Gasteiger charge is -2.06. The van der Waals surface area contributed by atoms with Crippen molar-refractivity contribution in [3.05, 3.63) is 58.6 Å². The van der Waals surface area contributed by atoms with E-state index in [9.17, 15) is 22.4 Å². The van der Waals surface area contributed by atoms with Crippen LogP contribution in [-0.2, 0) is 26.1 Å². The number of esters is 1. The lowest BCUT2D eigenvalue weighted by atomic mass is 10.2. The first-order chi connectivity index (χ1) is 14.2. The lowest BCUT2D eigenvalue weighted by Crippen LogP contribution is -2.20. The third-order valence-electron chi connectivity index (χ3n) is 4.13. The summed E-state index contributed by atoms with van der Waals surface area (Å²) in [7, 11) is -3.93. The summed E-state index contributed by atoms with van der Waals surface area (Å²) >= 11 is 1.03. The second kappa shape index (κ2) is 8.86. The van der Waals surface area contributed by atoms with Crippen LogP contribution in [-0.4, -0.2) is 31.5 Å². The van der Waals surface area contributed by atoms with E-state index in [1.807, 2.05) is 0 Å². The van der Waals surface area contributed by atoms with Crippen molar-refractivity contribution in [3.8, 4) is 0 Å². The molecule has 0 bridgehead atoms. The molecular formula is C19H18FN3O5S2. The summed E-state index contributed by atoms with van der Waals surface area (Å²) in [5.41, 5.74) is 0.355. The van der Waals surface area contributed by atoms with Crippen LogP contribution in [0.1, 0.15) is 23.7 Å². The van der Waals surface area contributed by atoms with Gasteiger partial charge in [0.2, 0.25) is 10.0 Å². The largest absolute Gasteiger partial charge is 0.466 e. The Kier molecular flexibility index (Phi) is 6.44. The van der Waals surface area contributed by atoms with Gasteiger partial charge < -0.3 is 9.30 Å². The molecule has 1 heterocycles. The molecule has 0 radical (unpaired) electrons. The van der Waals surface area contributed by atoms with Gasteiger partial charge in [0, 0.05) is 6.54 Å². The van der Waals surface area contributed by atoms with Gasteiger partial charge in [0.1, 0.15) is 5.82 Å². The van der Waals surface area contributed by atoms with Gasteiger partial charge in [-0.25, -0.2) is 17.9 Å². The van der Waals surface area contributed by atoms with Gasteiger partial charge in [0.15, 0.2) is 4.80 Å². The number of halogens is 1. The Morgan fingerprint density at radius 2 is 1.97 bits per heavy atom. The smallest absolute Gasteiger partial charge is 0.307 e. The van der Waals surface area contributed by atoms with Gasteiger partial charge >= 0.3 is 5.97 Å². The molecule has 30 heavy (non-hydrogen) atoms. The summed E-state index contributed by atoms with van der Waals surface area (Å²) < 4.78 is 44.3. The zero-order valence-corrected chi connectivity index (χ0v) is 17.5. The number of aromatic nitrogens is 1. The van der Waals surface area contributed by atoms with Crippen LogP contribution in [0, 0.1) is 5.82 Å². The Morgan fingerprint density at radius 3 is 2.63 bits per heavy atom. The molecule has 2 aromatic carbocycles. The summed E-state index contributed by atoms with van der Waals surface area (Å²) in [6, 6.07) is 9.65. The number of benzene rings is 2. The van der Waals surface area contributed by atoms with Crippen molar-refractivity contribution >= 4 is 43.5 Å². The minimum atomic E-state index is -3.93. The van der Waals surface area contributed by atoms with Crippen molar-refractivity contribution in [1.29, 1.82) is 0 Å². The maximum atomic E-state index is 13.9. The van der Waals surface area contributed by atoms with Gasteiger partial charge in [-0.15, -0.1) is 0 Å². The van der Waals surface area contributed by atoms with E-state index in [1.54, 1.807) is 11.5 Å². The van der Waals surface area contributed by atoms with Crippen LogP contribution >= 0.6 is 11.3 Å². The molecule has 0 saturated heterocycles. The highest BCUT2D eigenvalue weighted by Crippen LogP contribution is 2.22. The molecule has 0 spiro atoms. The third-order valence-corrected chi connectivity index (χ3v) is 6.08. The Morgan fingerprint density at radius 1 is 1.23 bits per heavy atom. The number of ether oxygens (including phenoxy) is 1. The second-order valence-electron chi connectivity index (χ2n) is 6.16. The average molecular weight is 452 g/mol. The van der Waals surface area contributed by atoms with Gasteiger partial charge in [0.05, 0.1) is 33.7 Å². The molecule has 0 aliphatic rings. The zero-order chi connectivity index (χ0) is 21.9. The molecule has 0 fully saturated rings. The van der Waals surface area contributed by atoms with Crippen LogP contribution in [0.25, 0.3) is 10.2 Å². The minimum absolute atomic E-state index is 0.0116. The molecule has 11 heteroatoms. The molecule has 0 aliphatic heterocycles. The molecule has 2 N–H and O–H groups in total. The molecular weight excluding hydrogens is 433 g/mol. The highest BCUT2D eigenvalue weighted by atomic mass is 32.2. The fourth-order valence-corrected chi connectivity index (χ4v) is 4.46. The van der Waals surface area contributed by atoms with Crippen LogP contribution in [0.2, 0.25) is 0 Å². The molecule has 0 unspecified atom stereocenters. The predicted octanol–water partition coefficient (Wildman–Crippen LogP) is 2.18. The number of rotatable bonds is 6. The van der Waals surface area contributed by atoms with Gasteiger partial charge in [-0.3, -0.25) is 9.59 Å². The number of carbonyl (C=O) groups is 2. The Balaban J connectivity index is 2.12. The fourth-order valence-electron chi connectivity index (χ4n) is 2.75. The Bertz CT molecular complexity index is 1290. The quantitative estimate of drug-likeness (QED) is 0.576. The first-order valence-corrected chi connectivity index (χ1v) is 11.2.